The van der Waals surface area contributed by atoms with E-state index in [0.717, 1.165) is 30.7 Å². The normalized spacial score (nSPS) is 24.0. The quantitative estimate of drug-likeness (QED) is 0.877. The molecule has 0 saturated carbocycles. The molecule has 1 atom stereocenters. The molecular weight excluding hydrogens is 297 g/mol. The van der Waals surface area contributed by atoms with E-state index >= 15 is 0 Å². The molecule has 96 valence electrons. The molecule has 1 fully saturated rings. The third-order valence-corrected chi connectivity index (χ3v) is 4.39. The lowest BCUT2D eigenvalue weighted by molar-refractivity contribution is 0.397. The van der Waals surface area contributed by atoms with Crippen molar-refractivity contribution in [2.75, 3.05) is 6.54 Å². The van der Waals surface area contributed by atoms with Gasteiger partial charge in [0.25, 0.3) is 0 Å². The van der Waals surface area contributed by atoms with Gasteiger partial charge in [-0.2, -0.15) is 0 Å². The minimum atomic E-state index is -0.267. The van der Waals surface area contributed by atoms with Gasteiger partial charge in [-0.1, -0.05) is 0 Å². The van der Waals surface area contributed by atoms with E-state index in [9.17, 15) is 4.39 Å². The highest BCUT2D eigenvalue weighted by molar-refractivity contribution is 9.10. The van der Waals surface area contributed by atoms with Gasteiger partial charge in [-0.25, -0.2) is 9.37 Å². The van der Waals surface area contributed by atoms with Gasteiger partial charge in [0.05, 0.1) is 21.0 Å². The minimum absolute atomic E-state index is 0.100. The van der Waals surface area contributed by atoms with Crippen LogP contribution in [0.1, 0.15) is 25.6 Å². The van der Waals surface area contributed by atoms with E-state index < -0.39 is 0 Å². The van der Waals surface area contributed by atoms with E-state index in [1.807, 2.05) is 7.05 Å². The van der Waals surface area contributed by atoms with Crippen molar-refractivity contribution in [2.24, 2.45) is 7.05 Å². The molecule has 0 aliphatic carbocycles. The third-order valence-electron chi connectivity index (χ3n) is 3.79. The second-order valence-electron chi connectivity index (χ2n) is 5.11. The molecule has 1 aromatic heterocycles. The van der Waals surface area contributed by atoms with E-state index in [1.165, 1.54) is 6.07 Å². The number of imidazole rings is 1. The van der Waals surface area contributed by atoms with Crippen LogP contribution in [0.2, 0.25) is 0 Å². The van der Waals surface area contributed by atoms with Gasteiger partial charge in [0.1, 0.15) is 11.6 Å². The number of fused-ring (bicyclic) bond motifs is 1. The standard InChI is InChI=1S/C13H15BrFN3/c1-13(4-3-5-16-13)12-17-10-7-9(15)8(14)6-11(10)18(12)2/h6-7,16H,3-5H2,1-2H3/t13-/m0/s1. The summed E-state index contributed by atoms with van der Waals surface area (Å²) in [7, 11) is 1.99. The molecule has 0 radical (unpaired) electrons. The van der Waals surface area contributed by atoms with E-state index in [-0.39, 0.29) is 11.4 Å². The number of rotatable bonds is 1. The monoisotopic (exact) mass is 311 g/mol. The first-order valence-electron chi connectivity index (χ1n) is 6.08. The first-order chi connectivity index (χ1) is 8.51. The molecule has 1 aliphatic rings. The van der Waals surface area contributed by atoms with Gasteiger partial charge in [0, 0.05) is 13.1 Å². The molecule has 1 N–H and O–H groups in total. The number of benzene rings is 1. The van der Waals surface area contributed by atoms with Crippen molar-refractivity contribution in [3.05, 3.63) is 28.2 Å². The molecule has 3 rings (SSSR count). The van der Waals surface area contributed by atoms with Crippen LogP contribution in [0.5, 0.6) is 0 Å². The maximum atomic E-state index is 13.6. The predicted octanol–water partition coefficient (Wildman–Crippen LogP) is 3.07. The third kappa shape index (κ3) is 1.68. The molecule has 0 spiro atoms. The van der Waals surface area contributed by atoms with Crippen LogP contribution in [0.15, 0.2) is 16.6 Å². The number of hydrogen-bond acceptors (Lipinski definition) is 2. The summed E-state index contributed by atoms with van der Waals surface area (Å²) < 4.78 is 16.1. The highest BCUT2D eigenvalue weighted by Crippen LogP contribution is 2.32. The SMILES string of the molecule is Cn1c([C@]2(C)CCCN2)nc2cc(F)c(Br)cc21. The molecule has 0 bridgehead atoms. The van der Waals surface area contributed by atoms with Crippen LogP contribution >= 0.6 is 15.9 Å². The van der Waals surface area contributed by atoms with Crippen LogP contribution in [0.25, 0.3) is 11.0 Å². The van der Waals surface area contributed by atoms with Crippen molar-refractivity contribution in [3.8, 4) is 0 Å². The minimum Gasteiger partial charge on any atom is -0.330 e. The van der Waals surface area contributed by atoms with E-state index in [2.05, 4.69) is 37.7 Å². The molecule has 2 heterocycles. The van der Waals surface area contributed by atoms with Gasteiger partial charge in [0.2, 0.25) is 0 Å². The Morgan fingerprint density at radius 3 is 2.94 bits per heavy atom. The van der Waals surface area contributed by atoms with Gasteiger partial charge in [-0.05, 0) is 48.3 Å². The second kappa shape index (κ2) is 4.03. The van der Waals surface area contributed by atoms with Crippen LogP contribution in [0.4, 0.5) is 4.39 Å². The fraction of sp³-hybridized carbons (Fsp3) is 0.462. The lowest BCUT2D eigenvalue weighted by Gasteiger charge is -2.23. The fourth-order valence-corrected chi connectivity index (χ4v) is 3.10. The largest absolute Gasteiger partial charge is 0.330 e. The smallest absolute Gasteiger partial charge is 0.139 e. The highest BCUT2D eigenvalue weighted by Gasteiger charge is 2.34. The molecule has 5 heteroatoms. The fourth-order valence-electron chi connectivity index (χ4n) is 2.77. The summed E-state index contributed by atoms with van der Waals surface area (Å²) >= 11 is 3.22. The predicted molar refractivity (Wildman–Crippen MR) is 73.0 cm³/mol. The van der Waals surface area contributed by atoms with Crippen LogP contribution in [-0.2, 0) is 12.6 Å². The molecular formula is C13H15BrFN3. The Kier molecular flexibility index (Phi) is 2.71. The summed E-state index contributed by atoms with van der Waals surface area (Å²) in [6.07, 6.45) is 2.21. The van der Waals surface area contributed by atoms with Crippen molar-refractivity contribution in [3.63, 3.8) is 0 Å². The Labute approximate surface area is 114 Å². The number of halogens is 2. The zero-order valence-corrected chi connectivity index (χ0v) is 12.0. The summed E-state index contributed by atoms with van der Waals surface area (Å²) in [5, 5.41) is 3.49. The lowest BCUT2D eigenvalue weighted by Crippen LogP contribution is -2.35. The van der Waals surface area contributed by atoms with Crippen molar-refractivity contribution in [2.45, 2.75) is 25.3 Å². The average Bonchev–Trinajstić information content (AvgIpc) is 2.88. The summed E-state index contributed by atoms with van der Waals surface area (Å²) in [4.78, 5) is 4.61. The zero-order valence-electron chi connectivity index (χ0n) is 10.4. The first-order valence-corrected chi connectivity index (χ1v) is 6.87. The molecule has 0 unspecified atom stereocenters. The molecule has 3 nitrogen and oxygen atoms in total. The number of hydrogen-bond donors (Lipinski definition) is 1. The Bertz CT molecular complexity index is 614. The van der Waals surface area contributed by atoms with Gasteiger partial charge in [-0.3, -0.25) is 0 Å². The van der Waals surface area contributed by atoms with E-state index in [0.29, 0.717) is 9.99 Å². The van der Waals surface area contributed by atoms with Crippen LogP contribution in [-0.4, -0.2) is 16.1 Å². The van der Waals surface area contributed by atoms with Crippen LogP contribution < -0.4 is 5.32 Å². The first kappa shape index (κ1) is 12.1. The molecule has 1 saturated heterocycles. The van der Waals surface area contributed by atoms with Gasteiger partial charge in [0.15, 0.2) is 0 Å². The summed E-state index contributed by atoms with van der Waals surface area (Å²) in [6, 6.07) is 3.28. The highest BCUT2D eigenvalue weighted by atomic mass is 79.9. The van der Waals surface area contributed by atoms with Crippen LogP contribution in [0, 0.1) is 5.82 Å². The summed E-state index contributed by atoms with van der Waals surface area (Å²) in [6.45, 7) is 3.17. The van der Waals surface area contributed by atoms with Crippen molar-refractivity contribution >= 4 is 27.0 Å². The molecule has 1 aliphatic heterocycles. The molecule has 0 amide bonds. The maximum absolute atomic E-state index is 13.6. The number of nitrogens with one attached hydrogen (secondary N) is 1. The van der Waals surface area contributed by atoms with Gasteiger partial charge >= 0.3 is 0 Å². The van der Waals surface area contributed by atoms with E-state index in [1.54, 1.807) is 6.07 Å². The van der Waals surface area contributed by atoms with Gasteiger partial charge in [-0.15, -0.1) is 0 Å². The number of aromatic nitrogens is 2. The Hall–Kier alpha value is -0.940. The number of aryl methyl sites for hydroxylation is 1. The topological polar surface area (TPSA) is 29.9 Å². The Morgan fingerprint density at radius 2 is 2.28 bits per heavy atom. The molecule has 1 aromatic carbocycles. The lowest BCUT2D eigenvalue weighted by atomic mass is 9.99. The average molecular weight is 312 g/mol. The second-order valence-corrected chi connectivity index (χ2v) is 5.97. The number of nitrogens with zero attached hydrogens (tertiary/aromatic N) is 2. The van der Waals surface area contributed by atoms with E-state index in [4.69, 9.17) is 0 Å². The van der Waals surface area contributed by atoms with Gasteiger partial charge < -0.3 is 9.88 Å². The Morgan fingerprint density at radius 1 is 1.50 bits per heavy atom. The maximum Gasteiger partial charge on any atom is 0.139 e. The Balaban J connectivity index is 2.22. The molecule has 18 heavy (non-hydrogen) atoms. The van der Waals surface area contributed by atoms with Crippen LogP contribution in [0.3, 0.4) is 0 Å². The molecule has 2 aromatic rings. The summed E-state index contributed by atoms with van der Waals surface area (Å²) in [5.41, 5.74) is 1.56. The van der Waals surface area contributed by atoms with Crippen molar-refractivity contribution in [1.29, 1.82) is 0 Å². The van der Waals surface area contributed by atoms with Crippen molar-refractivity contribution in [1.82, 2.24) is 14.9 Å². The zero-order chi connectivity index (χ0) is 12.9. The van der Waals surface area contributed by atoms with Crippen molar-refractivity contribution < 1.29 is 4.39 Å². The summed E-state index contributed by atoms with van der Waals surface area (Å²) in [5.74, 6) is 0.712.